The minimum atomic E-state index is -0.222. The number of rotatable bonds is 4. The van der Waals surface area contributed by atoms with Crippen LogP contribution in [0.15, 0.2) is 66.9 Å². The van der Waals surface area contributed by atoms with Crippen LogP contribution in [0.1, 0.15) is 16.1 Å². The van der Waals surface area contributed by atoms with E-state index in [0.29, 0.717) is 5.69 Å². The zero-order chi connectivity index (χ0) is 20.2. The average molecular weight is 390 g/mol. The van der Waals surface area contributed by atoms with Crippen molar-refractivity contribution in [2.75, 3.05) is 41.3 Å². The standard InChI is InChI=1S/C23H23FN4O/c1-17-3-2-4-19(15-17)26-23(29)22-16-21(9-10-25-22)28-13-11-27(12-14-28)20-7-5-18(24)6-8-20/h2-10,15-16H,11-14H2,1H3,(H,26,29). The highest BCUT2D eigenvalue weighted by atomic mass is 19.1. The van der Waals surface area contributed by atoms with E-state index in [1.54, 1.807) is 6.20 Å². The van der Waals surface area contributed by atoms with E-state index in [4.69, 9.17) is 0 Å². The molecular formula is C23H23FN4O. The molecule has 0 bridgehead atoms. The first kappa shape index (κ1) is 18.9. The van der Waals surface area contributed by atoms with Crippen LogP contribution in [0.2, 0.25) is 0 Å². The highest BCUT2D eigenvalue weighted by Gasteiger charge is 2.19. The SMILES string of the molecule is Cc1cccc(NC(=O)c2cc(N3CCN(c4ccc(F)cc4)CC3)ccn2)c1. The maximum atomic E-state index is 13.1. The number of pyridine rings is 1. The Balaban J connectivity index is 1.41. The summed E-state index contributed by atoms with van der Waals surface area (Å²) in [7, 11) is 0. The zero-order valence-corrected chi connectivity index (χ0v) is 16.3. The number of nitrogens with zero attached hydrogens (tertiary/aromatic N) is 3. The summed E-state index contributed by atoms with van der Waals surface area (Å²) >= 11 is 0. The molecule has 6 heteroatoms. The quantitative estimate of drug-likeness (QED) is 0.728. The first-order valence-corrected chi connectivity index (χ1v) is 9.68. The van der Waals surface area contributed by atoms with Crippen LogP contribution in [0.4, 0.5) is 21.5 Å². The van der Waals surface area contributed by atoms with Gasteiger partial charge in [-0.2, -0.15) is 0 Å². The third-order valence-corrected chi connectivity index (χ3v) is 5.09. The van der Waals surface area contributed by atoms with E-state index in [0.717, 1.165) is 48.8 Å². The second kappa shape index (κ2) is 8.31. The van der Waals surface area contributed by atoms with Crippen molar-refractivity contribution < 1.29 is 9.18 Å². The number of aromatic nitrogens is 1. The molecule has 0 radical (unpaired) electrons. The van der Waals surface area contributed by atoms with Crippen molar-refractivity contribution in [2.24, 2.45) is 0 Å². The summed E-state index contributed by atoms with van der Waals surface area (Å²) in [5.41, 5.74) is 4.25. The first-order chi connectivity index (χ1) is 14.1. The van der Waals surface area contributed by atoms with E-state index < -0.39 is 0 Å². The number of hydrogen-bond donors (Lipinski definition) is 1. The third kappa shape index (κ3) is 4.54. The van der Waals surface area contributed by atoms with Crippen molar-refractivity contribution in [1.82, 2.24) is 4.98 Å². The summed E-state index contributed by atoms with van der Waals surface area (Å²) in [6, 6.07) is 18.1. The van der Waals surface area contributed by atoms with Gasteiger partial charge in [0.1, 0.15) is 11.5 Å². The number of aryl methyl sites for hydroxylation is 1. The molecule has 148 valence electrons. The van der Waals surface area contributed by atoms with Crippen molar-refractivity contribution >= 4 is 23.0 Å². The Morgan fingerprint density at radius 3 is 2.31 bits per heavy atom. The minimum Gasteiger partial charge on any atom is -0.368 e. The minimum absolute atomic E-state index is 0.220. The van der Waals surface area contributed by atoms with Gasteiger partial charge in [-0.05, 0) is 61.0 Å². The maximum absolute atomic E-state index is 13.1. The fraction of sp³-hybridized carbons (Fsp3) is 0.217. The van der Waals surface area contributed by atoms with Gasteiger partial charge in [0.2, 0.25) is 0 Å². The number of nitrogens with one attached hydrogen (secondary N) is 1. The van der Waals surface area contributed by atoms with E-state index >= 15 is 0 Å². The molecule has 1 amide bonds. The lowest BCUT2D eigenvalue weighted by molar-refractivity contribution is 0.102. The van der Waals surface area contributed by atoms with Crippen LogP contribution in [0, 0.1) is 12.7 Å². The predicted molar refractivity (Wildman–Crippen MR) is 114 cm³/mol. The lowest BCUT2D eigenvalue weighted by atomic mass is 10.2. The maximum Gasteiger partial charge on any atom is 0.274 e. The van der Waals surface area contributed by atoms with Crippen molar-refractivity contribution in [2.45, 2.75) is 6.92 Å². The van der Waals surface area contributed by atoms with Crippen LogP contribution in [-0.4, -0.2) is 37.1 Å². The molecule has 1 aliphatic heterocycles. The molecule has 0 spiro atoms. The molecule has 4 rings (SSSR count). The van der Waals surface area contributed by atoms with Gasteiger partial charge < -0.3 is 15.1 Å². The Kier molecular flexibility index (Phi) is 5.42. The van der Waals surface area contributed by atoms with Crippen LogP contribution in [0.25, 0.3) is 0 Å². The highest BCUT2D eigenvalue weighted by Crippen LogP contribution is 2.21. The van der Waals surface area contributed by atoms with Crippen molar-refractivity contribution in [3.8, 4) is 0 Å². The summed E-state index contributed by atoms with van der Waals surface area (Å²) < 4.78 is 13.1. The molecule has 0 atom stereocenters. The molecule has 1 fully saturated rings. The lowest BCUT2D eigenvalue weighted by Gasteiger charge is -2.37. The second-order valence-electron chi connectivity index (χ2n) is 7.17. The monoisotopic (exact) mass is 390 g/mol. The molecule has 0 aliphatic carbocycles. The molecule has 3 aromatic rings. The largest absolute Gasteiger partial charge is 0.368 e. The summed E-state index contributed by atoms with van der Waals surface area (Å²) in [5, 5.41) is 2.90. The summed E-state index contributed by atoms with van der Waals surface area (Å²) in [4.78, 5) is 21.3. The Labute approximate surface area is 169 Å². The van der Waals surface area contributed by atoms with Crippen LogP contribution in [0.5, 0.6) is 0 Å². The molecule has 1 aromatic heterocycles. The molecule has 0 saturated carbocycles. The van der Waals surface area contributed by atoms with Gasteiger partial charge in [0.25, 0.3) is 5.91 Å². The average Bonchev–Trinajstić information content (AvgIpc) is 2.74. The van der Waals surface area contributed by atoms with Crippen LogP contribution in [0.3, 0.4) is 0 Å². The summed E-state index contributed by atoms with van der Waals surface area (Å²) in [5.74, 6) is -0.442. The van der Waals surface area contributed by atoms with Gasteiger partial charge in [0.15, 0.2) is 0 Å². The van der Waals surface area contributed by atoms with E-state index in [1.807, 2.05) is 55.5 Å². The zero-order valence-electron chi connectivity index (χ0n) is 16.3. The van der Waals surface area contributed by atoms with E-state index in [2.05, 4.69) is 20.1 Å². The number of carbonyl (C=O) groups excluding carboxylic acids is 1. The van der Waals surface area contributed by atoms with Gasteiger partial charge in [-0.1, -0.05) is 12.1 Å². The molecular weight excluding hydrogens is 367 g/mol. The lowest BCUT2D eigenvalue weighted by Crippen LogP contribution is -2.46. The Hall–Kier alpha value is -3.41. The molecule has 29 heavy (non-hydrogen) atoms. The Bertz CT molecular complexity index is 998. The molecule has 0 unspecified atom stereocenters. The number of halogens is 1. The highest BCUT2D eigenvalue weighted by molar-refractivity contribution is 6.03. The normalized spacial score (nSPS) is 14.0. The molecule has 1 aliphatic rings. The van der Waals surface area contributed by atoms with E-state index in [9.17, 15) is 9.18 Å². The molecule has 1 N–H and O–H groups in total. The number of anilines is 3. The van der Waals surface area contributed by atoms with Crippen molar-refractivity contribution in [3.05, 3.63) is 83.9 Å². The Morgan fingerprint density at radius 2 is 1.62 bits per heavy atom. The van der Waals surface area contributed by atoms with E-state index in [-0.39, 0.29) is 11.7 Å². The van der Waals surface area contributed by atoms with Gasteiger partial charge in [-0.3, -0.25) is 9.78 Å². The molecule has 1 saturated heterocycles. The third-order valence-electron chi connectivity index (χ3n) is 5.09. The summed E-state index contributed by atoms with van der Waals surface area (Å²) in [6.45, 7) is 5.29. The molecule has 5 nitrogen and oxygen atoms in total. The van der Waals surface area contributed by atoms with Crippen molar-refractivity contribution in [3.63, 3.8) is 0 Å². The summed E-state index contributed by atoms with van der Waals surface area (Å²) in [6.07, 6.45) is 1.67. The predicted octanol–water partition coefficient (Wildman–Crippen LogP) is 4.11. The van der Waals surface area contributed by atoms with Gasteiger partial charge in [-0.15, -0.1) is 0 Å². The Morgan fingerprint density at radius 1 is 0.931 bits per heavy atom. The number of hydrogen-bond acceptors (Lipinski definition) is 4. The number of piperazine rings is 1. The van der Waals surface area contributed by atoms with Crippen LogP contribution in [-0.2, 0) is 0 Å². The fourth-order valence-electron chi connectivity index (χ4n) is 3.53. The van der Waals surface area contributed by atoms with E-state index in [1.165, 1.54) is 12.1 Å². The van der Waals surface area contributed by atoms with Gasteiger partial charge in [-0.25, -0.2) is 4.39 Å². The first-order valence-electron chi connectivity index (χ1n) is 9.68. The smallest absolute Gasteiger partial charge is 0.274 e. The number of amides is 1. The van der Waals surface area contributed by atoms with Crippen LogP contribution >= 0.6 is 0 Å². The second-order valence-corrected chi connectivity index (χ2v) is 7.17. The number of carbonyl (C=O) groups is 1. The number of benzene rings is 2. The van der Waals surface area contributed by atoms with Crippen molar-refractivity contribution in [1.29, 1.82) is 0 Å². The van der Waals surface area contributed by atoms with Crippen LogP contribution < -0.4 is 15.1 Å². The van der Waals surface area contributed by atoms with Gasteiger partial charge in [0.05, 0.1) is 0 Å². The fourth-order valence-corrected chi connectivity index (χ4v) is 3.53. The molecule has 2 heterocycles. The molecule has 2 aromatic carbocycles. The van der Waals surface area contributed by atoms with Gasteiger partial charge in [0, 0.05) is 49.4 Å². The topological polar surface area (TPSA) is 48.5 Å². The van der Waals surface area contributed by atoms with Gasteiger partial charge >= 0.3 is 0 Å².